The fourth-order valence-corrected chi connectivity index (χ4v) is 1.88. The van der Waals surface area contributed by atoms with E-state index in [1.54, 1.807) is 24.0 Å². The monoisotopic (exact) mass is 279 g/mol. The summed E-state index contributed by atoms with van der Waals surface area (Å²) >= 11 is 0. The van der Waals surface area contributed by atoms with E-state index in [9.17, 15) is 9.59 Å². The Bertz CT molecular complexity index is 506. The molecule has 0 aliphatic rings. The van der Waals surface area contributed by atoms with Gasteiger partial charge in [-0.25, -0.2) is 4.79 Å². The van der Waals surface area contributed by atoms with Gasteiger partial charge < -0.3 is 10.4 Å². The Kier molecular flexibility index (Phi) is 5.49. The molecule has 0 aliphatic heterocycles. The molecule has 0 radical (unpaired) electrons. The van der Waals surface area contributed by atoms with E-state index in [0.29, 0.717) is 24.1 Å². The Labute approximate surface area is 118 Å². The van der Waals surface area contributed by atoms with E-state index in [0.717, 1.165) is 0 Å². The molecule has 6 nitrogen and oxygen atoms in total. The first-order valence-electron chi connectivity index (χ1n) is 6.55. The van der Waals surface area contributed by atoms with Gasteiger partial charge >= 0.3 is 5.97 Å². The van der Waals surface area contributed by atoms with Crippen LogP contribution < -0.4 is 5.32 Å². The molecule has 0 saturated carbocycles. The number of carbonyl (C=O) groups is 2. The van der Waals surface area contributed by atoms with Gasteiger partial charge in [-0.05, 0) is 18.8 Å². The Morgan fingerprint density at radius 3 is 2.70 bits per heavy atom. The van der Waals surface area contributed by atoms with E-state index in [4.69, 9.17) is 5.11 Å². The van der Waals surface area contributed by atoms with E-state index in [1.165, 1.54) is 0 Å². The minimum absolute atomic E-state index is 0.0911. The fourth-order valence-electron chi connectivity index (χ4n) is 1.88. The average molecular weight is 279 g/mol. The normalized spacial score (nSPS) is 12.2. The predicted octanol–water partition coefficient (Wildman–Crippen LogP) is 1.69. The minimum Gasteiger partial charge on any atom is -0.480 e. The van der Waals surface area contributed by atoms with Crippen LogP contribution in [-0.2, 0) is 11.8 Å². The van der Waals surface area contributed by atoms with Crippen molar-refractivity contribution in [3.8, 4) is 0 Å². The summed E-state index contributed by atoms with van der Waals surface area (Å²) in [6, 6.07) is -0.916. The Morgan fingerprint density at radius 2 is 2.20 bits per heavy atom. The molecule has 0 spiro atoms. The molecule has 0 saturated heterocycles. The fraction of sp³-hybridized carbons (Fsp3) is 0.500. The summed E-state index contributed by atoms with van der Waals surface area (Å²) in [6.07, 6.45) is 4.09. The van der Waals surface area contributed by atoms with E-state index >= 15 is 0 Å². The van der Waals surface area contributed by atoms with Crippen molar-refractivity contribution in [1.29, 1.82) is 0 Å². The number of hydrogen-bond donors (Lipinski definition) is 2. The van der Waals surface area contributed by atoms with Crippen LogP contribution in [0.1, 0.15) is 48.7 Å². The molecular weight excluding hydrogens is 258 g/mol. The number of rotatable bonds is 7. The molecule has 1 atom stereocenters. The zero-order chi connectivity index (χ0) is 15.3. The van der Waals surface area contributed by atoms with Gasteiger partial charge in [-0.1, -0.05) is 19.9 Å². The molecule has 110 valence electrons. The van der Waals surface area contributed by atoms with Gasteiger partial charge in [0.25, 0.3) is 5.91 Å². The molecule has 1 rings (SSSR count). The first-order valence-corrected chi connectivity index (χ1v) is 6.55. The van der Waals surface area contributed by atoms with Crippen LogP contribution >= 0.6 is 0 Å². The Morgan fingerprint density at radius 1 is 1.55 bits per heavy atom. The average Bonchev–Trinajstić information content (AvgIpc) is 2.76. The number of aryl methyl sites for hydroxylation is 1. The number of carboxylic acid groups (broad SMARTS) is 1. The van der Waals surface area contributed by atoms with Gasteiger partial charge in [0.2, 0.25) is 0 Å². The number of hydrogen-bond acceptors (Lipinski definition) is 3. The Balaban J connectivity index is 2.88. The van der Waals surface area contributed by atoms with Crippen LogP contribution in [0.5, 0.6) is 0 Å². The number of nitrogens with one attached hydrogen (secondary N) is 1. The smallest absolute Gasteiger partial charge is 0.326 e. The number of aliphatic carboxylic acids is 1. The lowest BCUT2D eigenvalue weighted by molar-refractivity contribution is -0.139. The van der Waals surface area contributed by atoms with Crippen LogP contribution in [0.4, 0.5) is 0 Å². The summed E-state index contributed by atoms with van der Waals surface area (Å²) < 4.78 is 1.56. The zero-order valence-electron chi connectivity index (χ0n) is 12.1. The van der Waals surface area contributed by atoms with Gasteiger partial charge in [-0.3, -0.25) is 9.48 Å². The van der Waals surface area contributed by atoms with Gasteiger partial charge in [0.05, 0.1) is 11.3 Å². The molecule has 1 amide bonds. The third-order valence-electron chi connectivity index (χ3n) is 2.91. The maximum absolute atomic E-state index is 12.2. The van der Waals surface area contributed by atoms with Crippen molar-refractivity contribution in [2.75, 3.05) is 0 Å². The lowest BCUT2D eigenvalue weighted by Crippen LogP contribution is -2.40. The van der Waals surface area contributed by atoms with Crippen LogP contribution in [-0.4, -0.2) is 32.8 Å². The first-order chi connectivity index (χ1) is 9.36. The van der Waals surface area contributed by atoms with Crippen molar-refractivity contribution < 1.29 is 14.7 Å². The van der Waals surface area contributed by atoms with E-state index in [-0.39, 0.29) is 5.92 Å². The van der Waals surface area contributed by atoms with Gasteiger partial charge in [0.1, 0.15) is 6.04 Å². The summed E-state index contributed by atoms with van der Waals surface area (Å²) in [4.78, 5) is 23.3. The largest absolute Gasteiger partial charge is 0.480 e. The molecule has 6 heteroatoms. The number of allylic oxidation sites excluding steroid dienone is 1. The maximum Gasteiger partial charge on any atom is 0.326 e. The summed E-state index contributed by atoms with van der Waals surface area (Å²) in [5.41, 5.74) is 1.09. The summed E-state index contributed by atoms with van der Waals surface area (Å²) in [5.74, 6) is -1.36. The highest BCUT2D eigenvalue weighted by Gasteiger charge is 2.23. The third kappa shape index (κ3) is 3.94. The van der Waals surface area contributed by atoms with Crippen molar-refractivity contribution in [2.24, 2.45) is 7.05 Å². The second-order valence-corrected chi connectivity index (χ2v) is 4.99. The van der Waals surface area contributed by atoms with Crippen LogP contribution in [0.3, 0.4) is 0 Å². The quantitative estimate of drug-likeness (QED) is 0.744. The van der Waals surface area contributed by atoms with Crippen LogP contribution in [0, 0.1) is 0 Å². The SMILES string of the molecule is C=CCCC(NC(=O)c1cn(C)nc1C(C)C)C(=O)O. The Hall–Kier alpha value is -2.11. The molecule has 0 fully saturated rings. The minimum atomic E-state index is -1.05. The highest BCUT2D eigenvalue weighted by molar-refractivity contribution is 5.97. The van der Waals surface area contributed by atoms with E-state index in [2.05, 4.69) is 17.0 Å². The number of nitrogens with zero attached hydrogens (tertiary/aromatic N) is 2. The first kappa shape index (κ1) is 15.9. The molecule has 1 heterocycles. The van der Waals surface area contributed by atoms with Crippen molar-refractivity contribution in [3.05, 3.63) is 30.1 Å². The topological polar surface area (TPSA) is 84.2 Å². The number of amides is 1. The highest BCUT2D eigenvalue weighted by atomic mass is 16.4. The second-order valence-electron chi connectivity index (χ2n) is 4.99. The van der Waals surface area contributed by atoms with Crippen molar-refractivity contribution in [3.63, 3.8) is 0 Å². The predicted molar refractivity (Wildman–Crippen MR) is 75.6 cm³/mol. The second kappa shape index (κ2) is 6.88. The van der Waals surface area contributed by atoms with Crippen LogP contribution in [0.15, 0.2) is 18.9 Å². The highest BCUT2D eigenvalue weighted by Crippen LogP contribution is 2.17. The molecule has 1 unspecified atom stereocenters. The van der Waals surface area contributed by atoms with Crippen molar-refractivity contribution in [2.45, 2.75) is 38.6 Å². The lowest BCUT2D eigenvalue weighted by Gasteiger charge is -2.14. The molecule has 2 N–H and O–H groups in total. The summed E-state index contributed by atoms with van der Waals surface area (Å²) in [6.45, 7) is 7.42. The lowest BCUT2D eigenvalue weighted by atomic mass is 10.1. The summed E-state index contributed by atoms with van der Waals surface area (Å²) in [5, 5.41) is 15.9. The van der Waals surface area contributed by atoms with Crippen LogP contribution in [0.2, 0.25) is 0 Å². The number of aromatic nitrogens is 2. The van der Waals surface area contributed by atoms with Gasteiger partial charge in [-0.2, -0.15) is 5.10 Å². The molecule has 0 bridgehead atoms. The molecule has 0 aromatic carbocycles. The van der Waals surface area contributed by atoms with E-state index in [1.807, 2.05) is 13.8 Å². The maximum atomic E-state index is 12.2. The van der Waals surface area contributed by atoms with Crippen molar-refractivity contribution in [1.82, 2.24) is 15.1 Å². The molecule has 20 heavy (non-hydrogen) atoms. The van der Waals surface area contributed by atoms with Gasteiger partial charge in [0.15, 0.2) is 0 Å². The number of carboxylic acids is 1. The third-order valence-corrected chi connectivity index (χ3v) is 2.91. The number of carbonyl (C=O) groups excluding carboxylic acids is 1. The van der Waals surface area contributed by atoms with Gasteiger partial charge in [-0.15, -0.1) is 6.58 Å². The molecular formula is C14H21N3O3. The van der Waals surface area contributed by atoms with E-state index < -0.39 is 17.9 Å². The molecule has 0 aliphatic carbocycles. The molecule has 1 aromatic rings. The van der Waals surface area contributed by atoms with Gasteiger partial charge in [0, 0.05) is 13.2 Å². The zero-order valence-corrected chi connectivity index (χ0v) is 12.1. The van der Waals surface area contributed by atoms with Crippen molar-refractivity contribution >= 4 is 11.9 Å². The molecule has 1 aromatic heterocycles. The van der Waals surface area contributed by atoms with Crippen LogP contribution in [0.25, 0.3) is 0 Å². The standard InChI is InChI=1S/C14H21N3O3/c1-5-6-7-11(14(19)20)15-13(18)10-8-17(4)16-12(10)9(2)3/h5,8-9,11H,1,6-7H2,2-4H3,(H,15,18)(H,19,20). The summed E-state index contributed by atoms with van der Waals surface area (Å²) in [7, 11) is 1.73.